The van der Waals surface area contributed by atoms with Gasteiger partial charge >= 0.3 is 0 Å². The van der Waals surface area contributed by atoms with E-state index in [1.165, 1.54) is 0 Å². The Bertz CT molecular complexity index is 389. The molecule has 18 heavy (non-hydrogen) atoms. The number of benzene rings is 1. The van der Waals surface area contributed by atoms with Crippen LogP contribution in [0.25, 0.3) is 0 Å². The van der Waals surface area contributed by atoms with Gasteiger partial charge in [0.15, 0.2) is 0 Å². The first-order valence-corrected chi connectivity index (χ1v) is 6.12. The molecule has 0 saturated carbocycles. The Morgan fingerprint density at radius 2 is 2.11 bits per heavy atom. The van der Waals surface area contributed by atoms with Crippen LogP contribution in [0, 0.1) is 6.92 Å². The Hall–Kier alpha value is -1.10. The van der Waals surface area contributed by atoms with E-state index in [0.717, 1.165) is 5.56 Å². The number of aliphatic hydroxyl groups is 1. The van der Waals surface area contributed by atoms with Gasteiger partial charge in [0, 0.05) is 30.8 Å². The lowest BCUT2D eigenvalue weighted by atomic mass is 10.1. The zero-order chi connectivity index (χ0) is 13.5. The number of halogens is 1. The molecular weight excluding hydrogens is 254 g/mol. The largest absolute Gasteiger partial charge is 0.395 e. The van der Waals surface area contributed by atoms with Crippen molar-refractivity contribution in [2.24, 2.45) is 0 Å². The summed E-state index contributed by atoms with van der Waals surface area (Å²) in [7, 11) is 1.57. The second-order valence-electron chi connectivity index (χ2n) is 4.03. The number of carbonyl (C=O) groups is 1. The molecule has 0 bridgehead atoms. The van der Waals surface area contributed by atoms with Gasteiger partial charge in [-0.05, 0) is 30.7 Å². The fraction of sp³-hybridized carbons (Fsp3) is 0.462. The number of nitrogens with zero attached hydrogens (tertiary/aromatic N) is 1. The molecule has 1 aromatic carbocycles. The maximum Gasteiger partial charge on any atom is 0.254 e. The van der Waals surface area contributed by atoms with Gasteiger partial charge in [0.05, 0.1) is 13.2 Å². The predicted molar refractivity (Wildman–Crippen MR) is 71.1 cm³/mol. The molecule has 0 fully saturated rings. The Balaban J connectivity index is 2.86. The van der Waals surface area contributed by atoms with Crippen molar-refractivity contribution in [1.29, 1.82) is 0 Å². The van der Waals surface area contributed by atoms with E-state index in [1.807, 2.05) is 6.92 Å². The molecule has 0 aromatic heterocycles. The van der Waals surface area contributed by atoms with E-state index in [0.29, 0.717) is 23.7 Å². The van der Waals surface area contributed by atoms with Gasteiger partial charge in [0.2, 0.25) is 0 Å². The maximum absolute atomic E-state index is 12.2. The molecule has 0 radical (unpaired) electrons. The Labute approximate surface area is 112 Å². The van der Waals surface area contributed by atoms with Gasteiger partial charge in [-0.3, -0.25) is 4.79 Å². The number of rotatable bonds is 6. The third kappa shape index (κ3) is 4.29. The highest BCUT2D eigenvalue weighted by Crippen LogP contribution is 2.16. The minimum atomic E-state index is -0.147. The molecule has 0 aliphatic rings. The van der Waals surface area contributed by atoms with Crippen LogP contribution < -0.4 is 0 Å². The van der Waals surface area contributed by atoms with E-state index in [2.05, 4.69) is 0 Å². The SMILES string of the molecule is COCCN(CCO)C(=O)c1cc(C)cc(Cl)c1. The minimum absolute atomic E-state index is 0.0744. The van der Waals surface area contributed by atoms with Crippen LogP contribution >= 0.6 is 11.6 Å². The molecule has 0 aliphatic heterocycles. The van der Waals surface area contributed by atoms with Crippen molar-refractivity contribution in [2.75, 3.05) is 33.4 Å². The molecule has 1 amide bonds. The molecule has 0 heterocycles. The van der Waals surface area contributed by atoms with Crippen molar-refractivity contribution in [2.45, 2.75) is 6.92 Å². The molecule has 0 atom stereocenters. The van der Waals surface area contributed by atoms with E-state index in [1.54, 1.807) is 30.2 Å². The zero-order valence-corrected chi connectivity index (χ0v) is 11.4. The van der Waals surface area contributed by atoms with Crippen LogP contribution in [0.5, 0.6) is 0 Å². The number of methoxy groups -OCH3 is 1. The lowest BCUT2D eigenvalue weighted by Gasteiger charge is -2.21. The molecule has 0 saturated heterocycles. The molecule has 0 aliphatic carbocycles. The topological polar surface area (TPSA) is 49.8 Å². The van der Waals surface area contributed by atoms with Gasteiger partial charge in [-0.2, -0.15) is 0 Å². The van der Waals surface area contributed by atoms with E-state index in [9.17, 15) is 4.79 Å². The highest BCUT2D eigenvalue weighted by Gasteiger charge is 2.15. The van der Waals surface area contributed by atoms with Gasteiger partial charge < -0.3 is 14.7 Å². The van der Waals surface area contributed by atoms with Crippen molar-refractivity contribution in [3.8, 4) is 0 Å². The lowest BCUT2D eigenvalue weighted by Crippen LogP contribution is -2.36. The zero-order valence-electron chi connectivity index (χ0n) is 10.6. The van der Waals surface area contributed by atoms with Crippen LogP contribution in [0.2, 0.25) is 5.02 Å². The quantitative estimate of drug-likeness (QED) is 0.857. The molecule has 1 aromatic rings. The summed E-state index contributed by atoms with van der Waals surface area (Å²) < 4.78 is 4.95. The third-order valence-corrected chi connectivity index (χ3v) is 2.73. The van der Waals surface area contributed by atoms with Crippen LogP contribution in [-0.4, -0.2) is 49.3 Å². The van der Waals surface area contributed by atoms with Crippen molar-refractivity contribution in [1.82, 2.24) is 4.90 Å². The van der Waals surface area contributed by atoms with E-state index in [4.69, 9.17) is 21.4 Å². The predicted octanol–water partition coefficient (Wildman–Crippen LogP) is 1.73. The average molecular weight is 272 g/mol. The minimum Gasteiger partial charge on any atom is -0.395 e. The second kappa shape index (κ2) is 7.36. The molecule has 4 nitrogen and oxygen atoms in total. The lowest BCUT2D eigenvalue weighted by molar-refractivity contribution is 0.0656. The van der Waals surface area contributed by atoms with E-state index in [-0.39, 0.29) is 19.1 Å². The number of hydrogen-bond donors (Lipinski definition) is 1. The number of ether oxygens (including phenoxy) is 1. The van der Waals surface area contributed by atoms with E-state index < -0.39 is 0 Å². The summed E-state index contributed by atoms with van der Waals surface area (Å²) in [6.07, 6.45) is 0. The number of hydrogen-bond acceptors (Lipinski definition) is 3. The number of aliphatic hydroxyl groups excluding tert-OH is 1. The van der Waals surface area contributed by atoms with Gasteiger partial charge in [-0.15, -0.1) is 0 Å². The summed E-state index contributed by atoms with van der Waals surface area (Å²) in [6.45, 7) is 2.98. The van der Waals surface area contributed by atoms with Crippen LogP contribution in [-0.2, 0) is 4.74 Å². The van der Waals surface area contributed by atoms with Gasteiger partial charge in [0.25, 0.3) is 5.91 Å². The van der Waals surface area contributed by atoms with Crippen molar-refractivity contribution < 1.29 is 14.6 Å². The highest BCUT2D eigenvalue weighted by molar-refractivity contribution is 6.31. The summed E-state index contributed by atoms with van der Waals surface area (Å²) in [5.74, 6) is -0.147. The highest BCUT2D eigenvalue weighted by atomic mass is 35.5. The summed E-state index contributed by atoms with van der Waals surface area (Å²) in [4.78, 5) is 13.8. The van der Waals surface area contributed by atoms with Crippen molar-refractivity contribution in [3.05, 3.63) is 34.3 Å². The second-order valence-corrected chi connectivity index (χ2v) is 4.46. The molecule has 5 heteroatoms. The normalized spacial score (nSPS) is 10.4. The first-order chi connectivity index (χ1) is 8.58. The Morgan fingerprint density at radius 1 is 1.39 bits per heavy atom. The maximum atomic E-state index is 12.2. The number of amides is 1. The van der Waals surface area contributed by atoms with Gasteiger partial charge in [-0.1, -0.05) is 11.6 Å². The van der Waals surface area contributed by atoms with Crippen molar-refractivity contribution >= 4 is 17.5 Å². The summed E-state index contributed by atoms with van der Waals surface area (Å²) in [5.41, 5.74) is 1.46. The first-order valence-electron chi connectivity index (χ1n) is 5.74. The summed E-state index contributed by atoms with van der Waals surface area (Å²) >= 11 is 5.94. The van der Waals surface area contributed by atoms with E-state index >= 15 is 0 Å². The molecule has 0 spiro atoms. The smallest absolute Gasteiger partial charge is 0.254 e. The van der Waals surface area contributed by atoms with Gasteiger partial charge in [0.1, 0.15) is 0 Å². The number of aryl methyl sites for hydroxylation is 1. The summed E-state index contributed by atoms with van der Waals surface area (Å²) in [5, 5.41) is 9.52. The van der Waals surface area contributed by atoms with Gasteiger partial charge in [-0.25, -0.2) is 0 Å². The Kier molecular flexibility index (Phi) is 6.12. The molecule has 1 N–H and O–H groups in total. The first kappa shape index (κ1) is 15.0. The van der Waals surface area contributed by atoms with Crippen LogP contribution in [0.3, 0.4) is 0 Å². The van der Waals surface area contributed by atoms with Crippen LogP contribution in [0.15, 0.2) is 18.2 Å². The Morgan fingerprint density at radius 3 is 2.67 bits per heavy atom. The fourth-order valence-electron chi connectivity index (χ4n) is 1.68. The molecule has 1 rings (SSSR count). The molecule has 0 unspecified atom stereocenters. The molecule has 100 valence electrons. The third-order valence-electron chi connectivity index (χ3n) is 2.51. The fourth-order valence-corrected chi connectivity index (χ4v) is 1.97. The number of carbonyl (C=O) groups excluding carboxylic acids is 1. The summed E-state index contributed by atoms with van der Waals surface area (Å²) in [6, 6.07) is 5.21. The monoisotopic (exact) mass is 271 g/mol. The molecular formula is C13H18ClNO3. The van der Waals surface area contributed by atoms with Crippen molar-refractivity contribution in [3.63, 3.8) is 0 Å². The standard InChI is InChI=1S/C13H18ClNO3/c1-10-7-11(9-12(14)8-10)13(17)15(3-5-16)4-6-18-2/h7-9,16H,3-6H2,1-2H3. The van der Waals surface area contributed by atoms with Crippen LogP contribution in [0.1, 0.15) is 15.9 Å². The average Bonchev–Trinajstić information content (AvgIpc) is 2.32. The van der Waals surface area contributed by atoms with Crippen LogP contribution in [0.4, 0.5) is 0 Å².